The average molecular weight is 1090 g/mol. The van der Waals surface area contributed by atoms with Crippen LogP contribution in [-0.4, -0.2) is 142 Å². The summed E-state index contributed by atoms with van der Waals surface area (Å²) in [5.41, 5.74) is 0. The highest BCUT2D eigenvalue weighted by Crippen LogP contribution is 2.27. The first-order chi connectivity index (χ1) is 37.0. The van der Waals surface area contributed by atoms with E-state index in [1.165, 1.54) is 205 Å². The summed E-state index contributed by atoms with van der Waals surface area (Å²) >= 11 is 0. The molecule has 2 rings (SSSR count). The first-order valence-corrected chi connectivity index (χ1v) is 31.6. The van der Waals surface area contributed by atoms with E-state index in [2.05, 4.69) is 13.8 Å². The van der Waals surface area contributed by atoms with Crippen LogP contribution in [0.15, 0.2) is 0 Å². The van der Waals surface area contributed by atoms with E-state index < -0.39 is 92.7 Å². The molecule has 15 heteroatoms. The number of carbonyl (C=O) groups excluding carboxylic acids is 2. The zero-order valence-electron chi connectivity index (χ0n) is 48.3. The fourth-order valence-electron chi connectivity index (χ4n) is 10.5. The molecule has 0 aliphatic carbocycles. The van der Waals surface area contributed by atoms with Crippen LogP contribution in [0.5, 0.6) is 0 Å². The van der Waals surface area contributed by atoms with Crippen molar-refractivity contribution < 1.29 is 73.8 Å². The van der Waals surface area contributed by atoms with E-state index in [1.54, 1.807) is 0 Å². The Hall–Kier alpha value is -1.50. The summed E-state index contributed by atoms with van der Waals surface area (Å²) < 4.78 is 33.8. The smallest absolute Gasteiger partial charge is 0.306 e. The monoisotopic (exact) mass is 1090 g/mol. The van der Waals surface area contributed by atoms with Crippen molar-refractivity contribution in [1.29, 1.82) is 0 Å². The fourth-order valence-corrected chi connectivity index (χ4v) is 10.5. The predicted molar refractivity (Wildman–Crippen MR) is 298 cm³/mol. The summed E-state index contributed by atoms with van der Waals surface area (Å²) in [5, 5.41) is 72.4. The summed E-state index contributed by atoms with van der Waals surface area (Å²) in [7, 11) is 0. The lowest BCUT2D eigenvalue weighted by Gasteiger charge is -2.42. The standard InChI is InChI=1S/C61H116O15/c1-3-5-7-9-11-13-15-17-19-21-22-23-24-25-26-28-30-32-34-36-38-40-42-44-53(64)74-49(46-71-52(63)43-41-39-37-35-33-31-29-27-20-18-16-14-12-10-8-6-4-2)47-72-60-59(70)57(68)55(66)51(76-60)48-73-61-58(69)56(67)54(65)50(45-62)75-61/h49-51,54-62,65-70H,3-48H2,1-2H3/t49-,50+,51+,54-,55-,56?,57?,58?,59?,60+,61+/m1/s1. The number of hydrogen-bond acceptors (Lipinski definition) is 15. The normalized spacial score (nSPS) is 24.2. The van der Waals surface area contributed by atoms with Gasteiger partial charge >= 0.3 is 11.9 Å². The Morgan fingerprint density at radius 1 is 0.368 bits per heavy atom. The van der Waals surface area contributed by atoms with Gasteiger partial charge in [-0.1, -0.05) is 258 Å². The van der Waals surface area contributed by atoms with E-state index in [4.69, 9.17) is 28.4 Å². The summed E-state index contributed by atoms with van der Waals surface area (Å²) in [5.74, 6) is -0.901. The SMILES string of the molecule is CCCCCCCCCCCCCCCCCCCCCCCCCC(=O)O[C@H](COC(=O)CCCCCCCCCCCCCCCCCCC)CO[C@H]1O[C@@H](CO[C@H]2O[C@@H](CO)[C@@H](O)C(O)C2O)[C@@H](O)C(O)C1O. The highest BCUT2D eigenvalue weighted by molar-refractivity contribution is 5.70. The van der Waals surface area contributed by atoms with Gasteiger partial charge in [0, 0.05) is 12.8 Å². The second-order valence-corrected chi connectivity index (χ2v) is 22.6. The quantitative estimate of drug-likeness (QED) is 0.0222. The second kappa shape index (κ2) is 48.2. The molecule has 2 fully saturated rings. The van der Waals surface area contributed by atoms with Crippen LogP contribution in [0.3, 0.4) is 0 Å². The van der Waals surface area contributed by atoms with E-state index >= 15 is 0 Å². The molecule has 11 atom stereocenters. The van der Waals surface area contributed by atoms with Gasteiger partial charge in [0.25, 0.3) is 0 Å². The number of aliphatic hydroxyl groups excluding tert-OH is 7. The summed E-state index contributed by atoms with van der Waals surface area (Å²) in [6, 6.07) is 0. The van der Waals surface area contributed by atoms with Gasteiger partial charge < -0.3 is 64.2 Å². The number of hydrogen-bond donors (Lipinski definition) is 7. The van der Waals surface area contributed by atoms with Gasteiger partial charge in [-0.3, -0.25) is 9.59 Å². The maximum Gasteiger partial charge on any atom is 0.306 e. The summed E-state index contributed by atoms with van der Waals surface area (Å²) in [6.07, 6.45) is 34.1. The molecule has 15 nitrogen and oxygen atoms in total. The van der Waals surface area contributed by atoms with Crippen molar-refractivity contribution in [1.82, 2.24) is 0 Å². The third-order valence-corrected chi connectivity index (χ3v) is 15.6. The van der Waals surface area contributed by atoms with Crippen LogP contribution >= 0.6 is 0 Å². The van der Waals surface area contributed by atoms with Crippen molar-refractivity contribution in [2.45, 2.75) is 351 Å². The number of rotatable bonds is 52. The molecule has 0 bridgehead atoms. The molecular weight excluding hydrogens is 973 g/mol. The number of carbonyl (C=O) groups is 2. The van der Waals surface area contributed by atoms with Gasteiger partial charge in [0.1, 0.15) is 55.4 Å². The molecule has 0 amide bonds. The van der Waals surface area contributed by atoms with Gasteiger partial charge in [0.05, 0.1) is 19.8 Å². The molecule has 0 radical (unpaired) electrons. The number of ether oxygens (including phenoxy) is 6. The highest BCUT2D eigenvalue weighted by Gasteiger charge is 2.47. The van der Waals surface area contributed by atoms with Crippen molar-refractivity contribution in [2.24, 2.45) is 0 Å². The summed E-state index contributed by atoms with van der Waals surface area (Å²) in [6.45, 7) is 2.67. The number of unbranched alkanes of at least 4 members (excludes halogenated alkanes) is 38. The number of aliphatic hydroxyl groups is 7. The fraction of sp³-hybridized carbons (Fsp3) is 0.967. The molecule has 450 valence electrons. The molecule has 76 heavy (non-hydrogen) atoms. The van der Waals surface area contributed by atoms with Crippen LogP contribution in [0.4, 0.5) is 0 Å². The van der Waals surface area contributed by atoms with Crippen molar-refractivity contribution >= 4 is 11.9 Å². The third-order valence-electron chi connectivity index (χ3n) is 15.6. The Labute approximate surface area is 461 Å². The van der Waals surface area contributed by atoms with Crippen LogP contribution < -0.4 is 0 Å². The van der Waals surface area contributed by atoms with Gasteiger partial charge in [0.15, 0.2) is 18.7 Å². The van der Waals surface area contributed by atoms with E-state index in [1.807, 2.05) is 0 Å². The first-order valence-electron chi connectivity index (χ1n) is 31.6. The molecule has 2 saturated heterocycles. The average Bonchev–Trinajstić information content (AvgIpc) is 3.41. The number of esters is 2. The molecule has 0 aromatic heterocycles. The van der Waals surface area contributed by atoms with E-state index in [-0.39, 0.29) is 26.1 Å². The largest absolute Gasteiger partial charge is 0.462 e. The van der Waals surface area contributed by atoms with E-state index in [0.717, 1.165) is 38.5 Å². The molecule has 0 aromatic rings. The zero-order valence-corrected chi connectivity index (χ0v) is 48.3. The van der Waals surface area contributed by atoms with Crippen molar-refractivity contribution in [3.63, 3.8) is 0 Å². The molecule has 2 aliphatic rings. The van der Waals surface area contributed by atoms with Crippen LogP contribution in [0.2, 0.25) is 0 Å². The van der Waals surface area contributed by atoms with Crippen LogP contribution in [0.25, 0.3) is 0 Å². The van der Waals surface area contributed by atoms with Crippen LogP contribution in [0.1, 0.15) is 284 Å². The second-order valence-electron chi connectivity index (χ2n) is 22.6. The maximum atomic E-state index is 13.1. The molecule has 0 saturated carbocycles. The van der Waals surface area contributed by atoms with Crippen molar-refractivity contribution in [3.8, 4) is 0 Å². The van der Waals surface area contributed by atoms with Gasteiger partial charge in [0.2, 0.25) is 0 Å². The molecule has 0 aromatic carbocycles. The Morgan fingerprint density at radius 3 is 1.03 bits per heavy atom. The van der Waals surface area contributed by atoms with Gasteiger partial charge in [-0.2, -0.15) is 0 Å². The van der Waals surface area contributed by atoms with Crippen LogP contribution in [-0.2, 0) is 38.0 Å². The lowest BCUT2D eigenvalue weighted by Crippen LogP contribution is -2.61. The van der Waals surface area contributed by atoms with Crippen molar-refractivity contribution in [2.75, 3.05) is 26.4 Å². The molecule has 4 unspecified atom stereocenters. The van der Waals surface area contributed by atoms with Crippen molar-refractivity contribution in [3.05, 3.63) is 0 Å². The topological polar surface area (TPSA) is 231 Å². The lowest BCUT2D eigenvalue weighted by atomic mass is 9.98. The minimum atomic E-state index is -1.76. The molecule has 2 aliphatic heterocycles. The predicted octanol–water partition coefficient (Wildman–Crippen LogP) is 11.5. The first kappa shape index (κ1) is 70.6. The van der Waals surface area contributed by atoms with Gasteiger partial charge in [-0.25, -0.2) is 0 Å². The highest BCUT2D eigenvalue weighted by atomic mass is 16.7. The molecule has 7 N–H and O–H groups in total. The third kappa shape index (κ3) is 34.6. The molecule has 2 heterocycles. The molecular formula is C61H116O15. The van der Waals surface area contributed by atoms with Gasteiger partial charge in [-0.05, 0) is 12.8 Å². The molecule has 0 spiro atoms. The lowest BCUT2D eigenvalue weighted by molar-refractivity contribution is -0.332. The Bertz CT molecular complexity index is 1320. The van der Waals surface area contributed by atoms with Crippen LogP contribution in [0, 0.1) is 0 Å². The zero-order chi connectivity index (χ0) is 55.3. The Morgan fingerprint density at radius 2 is 0.671 bits per heavy atom. The minimum absolute atomic E-state index is 0.174. The van der Waals surface area contributed by atoms with E-state index in [9.17, 15) is 45.3 Å². The van der Waals surface area contributed by atoms with Gasteiger partial charge in [-0.15, -0.1) is 0 Å². The Balaban J connectivity index is 1.70. The Kier molecular flexibility index (Phi) is 44.8. The maximum absolute atomic E-state index is 13.1. The van der Waals surface area contributed by atoms with E-state index in [0.29, 0.717) is 12.8 Å². The minimum Gasteiger partial charge on any atom is -0.462 e. The summed E-state index contributed by atoms with van der Waals surface area (Å²) in [4.78, 5) is 26.0.